The molecule has 4 nitrogen and oxygen atoms in total. The van der Waals surface area contributed by atoms with Crippen molar-refractivity contribution in [3.05, 3.63) is 41.2 Å². The van der Waals surface area contributed by atoms with Crippen LogP contribution in [-0.4, -0.2) is 47.4 Å². The summed E-state index contributed by atoms with van der Waals surface area (Å²) in [7, 11) is 3.58. The highest BCUT2D eigenvalue weighted by molar-refractivity contribution is 7.13. The predicted molar refractivity (Wildman–Crippen MR) is 89.6 cm³/mol. The van der Waals surface area contributed by atoms with Crippen molar-refractivity contribution in [2.24, 2.45) is 0 Å². The molecule has 0 radical (unpaired) electrons. The highest BCUT2D eigenvalue weighted by Crippen LogP contribution is 2.28. The van der Waals surface area contributed by atoms with Crippen LogP contribution >= 0.6 is 11.3 Å². The lowest BCUT2D eigenvalue weighted by atomic mass is 10.2. The van der Waals surface area contributed by atoms with Crippen LogP contribution in [0.1, 0.15) is 18.5 Å². The maximum Gasteiger partial charge on any atom is 0.239 e. The van der Waals surface area contributed by atoms with Gasteiger partial charge in [-0.1, -0.05) is 12.1 Å². The standard InChI is InChI=1S/C17H20FN3OS/c1-20(2)17(22)15-8-5-9-21(15)10-12-11-23-16(19-12)13-6-3-4-7-14(13)18/h3-4,6-7,11,15H,5,8-10H2,1-2H3. The zero-order chi connectivity index (χ0) is 16.4. The van der Waals surface area contributed by atoms with Gasteiger partial charge in [0.25, 0.3) is 0 Å². The van der Waals surface area contributed by atoms with E-state index < -0.39 is 0 Å². The Morgan fingerprint density at radius 2 is 2.22 bits per heavy atom. The third-order valence-corrected chi connectivity index (χ3v) is 5.03. The van der Waals surface area contributed by atoms with Crippen LogP contribution in [0, 0.1) is 5.82 Å². The van der Waals surface area contributed by atoms with Crippen LogP contribution in [0.4, 0.5) is 4.39 Å². The van der Waals surface area contributed by atoms with Crippen molar-refractivity contribution in [1.29, 1.82) is 0 Å². The molecule has 3 rings (SSSR count). The number of benzene rings is 1. The Balaban J connectivity index is 1.74. The molecule has 1 aliphatic rings. The second-order valence-corrected chi connectivity index (χ2v) is 6.84. The van der Waals surface area contributed by atoms with Gasteiger partial charge in [0.15, 0.2) is 0 Å². The minimum absolute atomic E-state index is 0.0661. The maximum atomic E-state index is 13.9. The number of hydrogen-bond acceptors (Lipinski definition) is 4. The number of rotatable bonds is 4. The number of nitrogens with zero attached hydrogens (tertiary/aromatic N) is 3. The van der Waals surface area contributed by atoms with Crippen molar-refractivity contribution in [2.75, 3.05) is 20.6 Å². The molecule has 1 aromatic carbocycles. The minimum atomic E-state index is -0.254. The van der Waals surface area contributed by atoms with Gasteiger partial charge >= 0.3 is 0 Å². The third-order valence-electron chi connectivity index (χ3n) is 4.11. The van der Waals surface area contributed by atoms with Gasteiger partial charge < -0.3 is 4.90 Å². The largest absolute Gasteiger partial charge is 0.347 e. The van der Waals surface area contributed by atoms with Crippen LogP contribution in [0.5, 0.6) is 0 Å². The average Bonchev–Trinajstić information content (AvgIpc) is 3.17. The Hall–Kier alpha value is -1.79. The molecule has 0 aliphatic carbocycles. The summed E-state index contributed by atoms with van der Waals surface area (Å²) in [6, 6.07) is 6.61. The Kier molecular flexibility index (Phi) is 4.73. The van der Waals surface area contributed by atoms with Gasteiger partial charge in [-0.25, -0.2) is 9.37 Å². The zero-order valence-corrected chi connectivity index (χ0v) is 14.1. The van der Waals surface area contributed by atoms with E-state index in [0.717, 1.165) is 25.1 Å². The van der Waals surface area contributed by atoms with Crippen LogP contribution in [0.25, 0.3) is 10.6 Å². The highest BCUT2D eigenvalue weighted by Gasteiger charge is 2.32. The molecular weight excluding hydrogens is 313 g/mol. The maximum absolute atomic E-state index is 13.9. The minimum Gasteiger partial charge on any atom is -0.347 e. The molecule has 23 heavy (non-hydrogen) atoms. The summed E-state index contributed by atoms with van der Waals surface area (Å²) in [5, 5.41) is 2.64. The molecular formula is C17H20FN3OS. The summed E-state index contributed by atoms with van der Waals surface area (Å²) in [4.78, 5) is 20.6. The third kappa shape index (κ3) is 3.43. The molecule has 1 unspecified atom stereocenters. The second kappa shape index (κ2) is 6.76. The molecule has 1 saturated heterocycles. The number of thiazole rings is 1. The van der Waals surface area contributed by atoms with Gasteiger partial charge in [0, 0.05) is 31.6 Å². The molecule has 0 saturated carbocycles. The molecule has 2 aromatic rings. The van der Waals surface area contributed by atoms with Gasteiger partial charge in [0.2, 0.25) is 5.91 Å². The normalized spacial score (nSPS) is 18.3. The Bertz CT molecular complexity index is 701. The van der Waals surface area contributed by atoms with Crippen molar-refractivity contribution < 1.29 is 9.18 Å². The Morgan fingerprint density at radius 1 is 1.43 bits per heavy atom. The van der Waals surface area contributed by atoms with Crippen molar-refractivity contribution in [3.8, 4) is 10.6 Å². The first-order valence-corrected chi connectivity index (χ1v) is 8.58. The monoisotopic (exact) mass is 333 g/mol. The number of hydrogen-bond donors (Lipinski definition) is 0. The van der Waals surface area contributed by atoms with Crippen LogP contribution in [0.3, 0.4) is 0 Å². The quantitative estimate of drug-likeness (QED) is 0.863. The van der Waals surface area contributed by atoms with E-state index in [1.165, 1.54) is 17.4 Å². The molecule has 1 fully saturated rings. The number of likely N-dealkylation sites (tertiary alicyclic amines) is 1. The fourth-order valence-electron chi connectivity index (χ4n) is 2.94. The van der Waals surface area contributed by atoms with Crippen molar-refractivity contribution in [1.82, 2.24) is 14.8 Å². The lowest BCUT2D eigenvalue weighted by molar-refractivity contribution is -0.133. The lowest BCUT2D eigenvalue weighted by Gasteiger charge is -2.25. The summed E-state index contributed by atoms with van der Waals surface area (Å²) in [6.45, 7) is 1.53. The van der Waals surface area contributed by atoms with Gasteiger partial charge in [0.1, 0.15) is 10.8 Å². The number of amides is 1. The van der Waals surface area contributed by atoms with Crippen molar-refractivity contribution >= 4 is 17.2 Å². The van der Waals surface area contributed by atoms with Gasteiger partial charge in [-0.2, -0.15) is 0 Å². The summed E-state index contributed by atoms with van der Waals surface area (Å²) < 4.78 is 13.9. The van der Waals surface area contributed by atoms with Crippen LogP contribution < -0.4 is 0 Å². The van der Waals surface area contributed by atoms with Crippen molar-refractivity contribution in [3.63, 3.8) is 0 Å². The zero-order valence-electron chi connectivity index (χ0n) is 13.3. The highest BCUT2D eigenvalue weighted by atomic mass is 32.1. The van der Waals surface area contributed by atoms with E-state index in [-0.39, 0.29) is 17.8 Å². The van der Waals surface area contributed by atoms with Gasteiger partial charge in [-0.15, -0.1) is 11.3 Å². The van der Waals surface area contributed by atoms with Crippen LogP contribution in [0.2, 0.25) is 0 Å². The topological polar surface area (TPSA) is 36.4 Å². The van der Waals surface area contributed by atoms with E-state index in [4.69, 9.17) is 0 Å². The van der Waals surface area contributed by atoms with E-state index >= 15 is 0 Å². The second-order valence-electron chi connectivity index (χ2n) is 5.99. The molecule has 1 aliphatic heterocycles. The van der Waals surface area contributed by atoms with Crippen molar-refractivity contribution in [2.45, 2.75) is 25.4 Å². The Labute approximate surface area is 139 Å². The Morgan fingerprint density at radius 3 is 2.96 bits per heavy atom. The number of carbonyl (C=O) groups is 1. The van der Waals surface area contributed by atoms with Crippen LogP contribution in [-0.2, 0) is 11.3 Å². The molecule has 1 atom stereocenters. The van der Waals surface area contributed by atoms with E-state index in [1.807, 2.05) is 11.4 Å². The molecule has 122 valence electrons. The first kappa shape index (κ1) is 16.1. The van der Waals surface area contributed by atoms with E-state index in [0.29, 0.717) is 17.1 Å². The fraction of sp³-hybridized carbons (Fsp3) is 0.412. The molecule has 6 heteroatoms. The number of likely N-dealkylation sites (N-methyl/N-ethyl adjacent to an activating group) is 1. The molecule has 0 spiro atoms. The van der Waals surface area contributed by atoms with Gasteiger partial charge in [0.05, 0.1) is 11.7 Å². The SMILES string of the molecule is CN(C)C(=O)C1CCCN1Cc1csc(-c2ccccc2F)n1. The van der Waals surface area contributed by atoms with Crippen LogP contribution in [0.15, 0.2) is 29.6 Å². The molecule has 2 heterocycles. The van der Waals surface area contributed by atoms with E-state index in [9.17, 15) is 9.18 Å². The number of carbonyl (C=O) groups excluding carboxylic acids is 1. The summed E-state index contributed by atoms with van der Waals surface area (Å²) >= 11 is 1.44. The first-order valence-electron chi connectivity index (χ1n) is 7.71. The fourth-order valence-corrected chi connectivity index (χ4v) is 3.78. The molecule has 1 amide bonds. The smallest absolute Gasteiger partial charge is 0.239 e. The average molecular weight is 333 g/mol. The predicted octanol–water partition coefficient (Wildman–Crippen LogP) is 3.00. The number of halogens is 1. The van der Waals surface area contributed by atoms with Gasteiger partial charge in [-0.3, -0.25) is 9.69 Å². The first-order chi connectivity index (χ1) is 11.1. The molecule has 0 N–H and O–H groups in total. The molecule has 0 bridgehead atoms. The van der Waals surface area contributed by atoms with Gasteiger partial charge in [-0.05, 0) is 31.5 Å². The lowest BCUT2D eigenvalue weighted by Crippen LogP contribution is -2.42. The van der Waals surface area contributed by atoms with E-state index in [1.54, 1.807) is 31.1 Å². The summed E-state index contributed by atoms with van der Waals surface area (Å²) in [5.41, 5.74) is 1.43. The van der Waals surface area contributed by atoms with E-state index in [2.05, 4.69) is 9.88 Å². The molecule has 1 aromatic heterocycles. The summed E-state index contributed by atoms with van der Waals surface area (Å²) in [5.74, 6) is -0.109. The number of aromatic nitrogens is 1. The summed E-state index contributed by atoms with van der Waals surface area (Å²) in [6.07, 6.45) is 1.91.